The molecular formula is C17H16N4O4S. The summed E-state index contributed by atoms with van der Waals surface area (Å²) in [6.07, 6.45) is 2.68. The van der Waals surface area contributed by atoms with Gasteiger partial charge in [0.05, 0.1) is 11.9 Å². The quantitative estimate of drug-likeness (QED) is 0.692. The van der Waals surface area contributed by atoms with Gasteiger partial charge in [-0.3, -0.25) is 14.0 Å². The topological polar surface area (TPSA) is 124 Å². The highest BCUT2D eigenvalue weighted by Crippen LogP contribution is 2.19. The summed E-state index contributed by atoms with van der Waals surface area (Å²) in [4.78, 5) is 27.5. The highest BCUT2D eigenvalue weighted by molar-refractivity contribution is 7.90. The molecule has 2 aromatic heterocycles. The second-order valence-corrected chi connectivity index (χ2v) is 7.67. The van der Waals surface area contributed by atoms with E-state index in [0.717, 1.165) is 11.8 Å². The van der Waals surface area contributed by atoms with Crippen LogP contribution >= 0.6 is 0 Å². The van der Waals surface area contributed by atoms with Crippen LogP contribution in [0.25, 0.3) is 5.52 Å². The van der Waals surface area contributed by atoms with E-state index in [0.29, 0.717) is 11.2 Å². The van der Waals surface area contributed by atoms with Gasteiger partial charge in [-0.15, -0.1) is 0 Å². The van der Waals surface area contributed by atoms with E-state index in [1.54, 1.807) is 42.5 Å². The molecule has 0 aliphatic heterocycles. The minimum Gasteiger partial charge on any atom is -0.369 e. The van der Waals surface area contributed by atoms with Gasteiger partial charge in [-0.1, -0.05) is 18.2 Å². The molecule has 0 spiro atoms. The van der Waals surface area contributed by atoms with Crippen molar-refractivity contribution in [2.75, 3.05) is 11.6 Å². The average Bonchev–Trinajstić information content (AvgIpc) is 2.96. The lowest BCUT2D eigenvalue weighted by atomic mass is 10.1. The SMILES string of the molecule is CS(=O)(=O)c1nc(C(=O)Nc2ccc(CC(N)=O)cc2)c2ccccn12. The summed E-state index contributed by atoms with van der Waals surface area (Å²) in [6.45, 7) is 0. The Morgan fingerprint density at radius 3 is 2.46 bits per heavy atom. The first-order chi connectivity index (χ1) is 12.3. The number of anilines is 1. The van der Waals surface area contributed by atoms with Crippen molar-refractivity contribution in [1.29, 1.82) is 0 Å². The fourth-order valence-electron chi connectivity index (χ4n) is 2.54. The summed E-state index contributed by atoms with van der Waals surface area (Å²) in [5, 5.41) is 2.47. The van der Waals surface area contributed by atoms with Crippen molar-refractivity contribution in [3.63, 3.8) is 0 Å². The third-order valence-corrected chi connectivity index (χ3v) is 4.60. The lowest BCUT2D eigenvalue weighted by Crippen LogP contribution is -2.14. The molecule has 134 valence electrons. The van der Waals surface area contributed by atoms with E-state index in [4.69, 9.17) is 5.73 Å². The zero-order valence-corrected chi connectivity index (χ0v) is 14.7. The molecule has 0 aliphatic rings. The number of hydrogen-bond donors (Lipinski definition) is 2. The molecule has 2 heterocycles. The van der Waals surface area contributed by atoms with Crippen LogP contribution in [0, 0.1) is 0 Å². The zero-order valence-electron chi connectivity index (χ0n) is 13.8. The Morgan fingerprint density at radius 1 is 1.15 bits per heavy atom. The number of amides is 2. The van der Waals surface area contributed by atoms with Crippen LogP contribution in [0.1, 0.15) is 16.1 Å². The van der Waals surface area contributed by atoms with Crippen LogP contribution in [0.3, 0.4) is 0 Å². The van der Waals surface area contributed by atoms with Gasteiger partial charge in [0.1, 0.15) is 0 Å². The average molecular weight is 372 g/mol. The van der Waals surface area contributed by atoms with Crippen molar-refractivity contribution in [3.05, 3.63) is 59.9 Å². The molecule has 0 saturated heterocycles. The molecule has 2 amide bonds. The van der Waals surface area contributed by atoms with Crippen LogP contribution in [0.15, 0.2) is 53.8 Å². The minimum absolute atomic E-state index is 0.00670. The van der Waals surface area contributed by atoms with Crippen LogP contribution in [0.4, 0.5) is 5.69 Å². The highest BCUT2D eigenvalue weighted by Gasteiger charge is 2.22. The highest BCUT2D eigenvalue weighted by atomic mass is 32.2. The number of sulfone groups is 1. The second kappa shape index (κ2) is 6.60. The predicted molar refractivity (Wildman–Crippen MR) is 95.6 cm³/mol. The smallest absolute Gasteiger partial charge is 0.276 e. The van der Waals surface area contributed by atoms with E-state index in [-0.39, 0.29) is 17.3 Å². The van der Waals surface area contributed by atoms with Crippen molar-refractivity contribution in [2.24, 2.45) is 5.73 Å². The lowest BCUT2D eigenvalue weighted by Gasteiger charge is -2.05. The number of nitrogens with two attached hydrogens (primary N) is 1. The summed E-state index contributed by atoms with van der Waals surface area (Å²) in [5.74, 6) is -0.981. The molecule has 3 aromatic rings. The number of imidazole rings is 1. The summed E-state index contributed by atoms with van der Waals surface area (Å²) >= 11 is 0. The number of pyridine rings is 1. The Hall–Kier alpha value is -3.20. The minimum atomic E-state index is -3.60. The van der Waals surface area contributed by atoms with Crippen LogP contribution in [-0.2, 0) is 21.1 Å². The van der Waals surface area contributed by atoms with E-state index in [1.807, 2.05) is 0 Å². The Bertz CT molecular complexity index is 1100. The molecule has 0 aliphatic carbocycles. The maximum atomic E-state index is 12.6. The molecule has 9 heteroatoms. The Labute approximate surface area is 149 Å². The predicted octanol–water partition coefficient (Wildman–Crippen LogP) is 1.02. The normalized spacial score (nSPS) is 11.4. The van der Waals surface area contributed by atoms with Gasteiger partial charge in [-0.2, -0.15) is 0 Å². The number of carbonyl (C=O) groups excluding carboxylic acids is 2. The van der Waals surface area contributed by atoms with Gasteiger partial charge in [0.25, 0.3) is 5.91 Å². The molecule has 3 N–H and O–H groups in total. The molecule has 0 atom stereocenters. The second-order valence-electron chi connectivity index (χ2n) is 5.77. The number of nitrogens with one attached hydrogen (secondary N) is 1. The number of fused-ring (bicyclic) bond motifs is 1. The molecule has 26 heavy (non-hydrogen) atoms. The van der Waals surface area contributed by atoms with Gasteiger partial charge in [0, 0.05) is 18.1 Å². The van der Waals surface area contributed by atoms with E-state index in [2.05, 4.69) is 10.3 Å². The van der Waals surface area contributed by atoms with E-state index in [9.17, 15) is 18.0 Å². The molecule has 3 rings (SSSR count). The third kappa shape index (κ3) is 3.57. The molecule has 0 radical (unpaired) electrons. The molecule has 8 nitrogen and oxygen atoms in total. The Morgan fingerprint density at radius 2 is 1.85 bits per heavy atom. The molecule has 0 unspecified atom stereocenters. The summed E-state index contributed by atoms with van der Waals surface area (Å²) in [6, 6.07) is 11.6. The van der Waals surface area contributed by atoms with Crippen LogP contribution in [0.5, 0.6) is 0 Å². The fourth-order valence-corrected chi connectivity index (χ4v) is 3.31. The van der Waals surface area contributed by atoms with Gasteiger partial charge in [0.2, 0.25) is 20.9 Å². The van der Waals surface area contributed by atoms with Crippen LogP contribution < -0.4 is 11.1 Å². The number of primary amides is 1. The summed E-state index contributed by atoms with van der Waals surface area (Å²) < 4.78 is 25.2. The van der Waals surface area contributed by atoms with E-state index < -0.39 is 21.7 Å². The van der Waals surface area contributed by atoms with Gasteiger partial charge in [-0.05, 0) is 29.8 Å². The number of carbonyl (C=O) groups is 2. The maximum Gasteiger partial charge on any atom is 0.276 e. The Kier molecular flexibility index (Phi) is 4.47. The van der Waals surface area contributed by atoms with Crippen LogP contribution in [0.2, 0.25) is 0 Å². The first-order valence-electron chi connectivity index (χ1n) is 7.61. The molecule has 0 saturated carbocycles. The van der Waals surface area contributed by atoms with E-state index in [1.165, 1.54) is 10.6 Å². The molecule has 0 fully saturated rings. The lowest BCUT2D eigenvalue weighted by molar-refractivity contribution is -0.117. The van der Waals surface area contributed by atoms with E-state index >= 15 is 0 Å². The first-order valence-corrected chi connectivity index (χ1v) is 9.50. The number of nitrogens with zero attached hydrogens (tertiary/aromatic N) is 2. The van der Waals surface area contributed by atoms with Crippen molar-refractivity contribution in [2.45, 2.75) is 11.6 Å². The first kappa shape index (κ1) is 17.6. The standard InChI is InChI=1S/C17H16N4O4S/c1-26(24,25)17-20-15(13-4-2-3-9-21(13)17)16(23)19-12-7-5-11(6-8-12)10-14(18)22/h2-9H,10H2,1H3,(H2,18,22)(H,19,23). The summed E-state index contributed by atoms with van der Waals surface area (Å²) in [5.41, 5.74) is 6.74. The Balaban J connectivity index is 1.92. The number of rotatable bonds is 5. The number of hydrogen-bond acceptors (Lipinski definition) is 5. The van der Waals surface area contributed by atoms with Gasteiger partial charge in [-0.25, -0.2) is 13.4 Å². The fraction of sp³-hybridized carbons (Fsp3) is 0.118. The third-order valence-electron chi connectivity index (χ3n) is 3.65. The monoisotopic (exact) mass is 372 g/mol. The number of aromatic nitrogens is 2. The largest absolute Gasteiger partial charge is 0.369 e. The molecule has 0 bridgehead atoms. The van der Waals surface area contributed by atoms with Gasteiger partial charge < -0.3 is 11.1 Å². The van der Waals surface area contributed by atoms with Crippen molar-refractivity contribution >= 4 is 32.9 Å². The van der Waals surface area contributed by atoms with Gasteiger partial charge >= 0.3 is 0 Å². The maximum absolute atomic E-state index is 12.6. The molecular weight excluding hydrogens is 356 g/mol. The summed E-state index contributed by atoms with van der Waals surface area (Å²) in [7, 11) is -3.60. The van der Waals surface area contributed by atoms with Gasteiger partial charge in [0.15, 0.2) is 5.69 Å². The number of benzene rings is 1. The zero-order chi connectivity index (χ0) is 18.9. The van der Waals surface area contributed by atoms with Crippen molar-refractivity contribution < 1.29 is 18.0 Å². The van der Waals surface area contributed by atoms with Crippen LogP contribution in [-0.4, -0.2) is 35.9 Å². The van der Waals surface area contributed by atoms with Crippen molar-refractivity contribution in [1.82, 2.24) is 9.38 Å². The molecule has 1 aromatic carbocycles. The van der Waals surface area contributed by atoms with Crippen molar-refractivity contribution in [3.8, 4) is 0 Å².